The SMILES string of the molecule is Cl.O=C(NCC1CCN(S(=O)(=O)C(F)F)CC1)c1n[nH]c2c1CNCC2. The van der Waals surface area contributed by atoms with Crippen molar-refractivity contribution in [1.82, 2.24) is 25.1 Å². The van der Waals surface area contributed by atoms with Crippen molar-refractivity contribution in [2.75, 3.05) is 26.2 Å². The van der Waals surface area contributed by atoms with E-state index in [4.69, 9.17) is 0 Å². The zero-order valence-corrected chi connectivity index (χ0v) is 15.6. The van der Waals surface area contributed by atoms with Gasteiger partial charge in [0.15, 0.2) is 5.69 Å². The molecule has 2 aliphatic rings. The zero-order chi connectivity index (χ0) is 18.0. The standard InChI is InChI=1S/C14H21F2N5O3S.ClH/c15-14(16)25(23,24)21-5-2-9(3-6-21)7-18-13(22)12-10-8-17-4-1-11(10)19-20-12;/h9,14,17H,1-8H2,(H,18,22)(H,19,20);1H. The van der Waals surface area contributed by atoms with E-state index in [2.05, 4.69) is 20.8 Å². The molecule has 0 aromatic carbocycles. The molecular weight excluding hydrogens is 392 g/mol. The van der Waals surface area contributed by atoms with Gasteiger partial charge in [-0.1, -0.05) is 0 Å². The number of aromatic nitrogens is 2. The molecule has 3 N–H and O–H groups in total. The van der Waals surface area contributed by atoms with Gasteiger partial charge in [-0.2, -0.15) is 18.2 Å². The first kappa shape index (κ1) is 21.0. The second kappa shape index (κ2) is 8.59. The first-order valence-corrected chi connectivity index (χ1v) is 9.72. The summed E-state index contributed by atoms with van der Waals surface area (Å²) >= 11 is 0. The van der Waals surface area contributed by atoms with Crippen LogP contribution in [0.4, 0.5) is 8.78 Å². The van der Waals surface area contributed by atoms with Crippen molar-refractivity contribution < 1.29 is 22.0 Å². The van der Waals surface area contributed by atoms with Gasteiger partial charge < -0.3 is 10.6 Å². The minimum absolute atomic E-state index is 0. The summed E-state index contributed by atoms with van der Waals surface area (Å²) in [6, 6.07) is 0. The lowest BCUT2D eigenvalue weighted by atomic mass is 9.98. The molecule has 1 aromatic rings. The lowest BCUT2D eigenvalue weighted by Gasteiger charge is -2.30. The average molecular weight is 414 g/mol. The fraction of sp³-hybridized carbons (Fsp3) is 0.714. The van der Waals surface area contributed by atoms with Gasteiger partial charge in [-0.05, 0) is 18.8 Å². The zero-order valence-electron chi connectivity index (χ0n) is 14.0. The van der Waals surface area contributed by atoms with E-state index in [-0.39, 0.29) is 37.3 Å². The number of hydrogen-bond donors (Lipinski definition) is 3. The smallest absolute Gasteiger partial charge is 0.350 e. The number of rotatable bonds is 5. The molecule has 0 atom stereocenters. The number of aromatic amines is 1. The fourth-order valence-corrected chi connectivity index (χ4v) is 4.16. The highest BCUT2D eigenvalue weighted by Crippen LogP contribution is 2.22. The number of nitrogens with one attached hydrogen (secondary N) is 3. The number of carbonyl (C=O) groups is 1. The molecule has 0 spiro atoms. The van der Waals surface area contributed by atoms with E-state index in [0.29, 0.717) is 31.6 Å². The van der Waals surface area contributed by atoms with Crippen LogP contribution in [-0.2, 0) is 23.0 Å². The van der Waals surface area contributed by atoms with Crippen LogP contribution in [-0.4, -0.2) is 60.8 Å². The largest absolute Gasteiger partial charge is 0.350 e. The lowest BCUT2D eigenvalue weighted by molar-refractivity contribution is 0.0935. The highest BCUT2D eigenvalue weighted by Gasteiger charge is 2.34. The maximum absolute atomic E-state index is 12.5. The molecule has 0 bridgehead atoms. The summed E-state index contributed by atoms with van der Waals surface area (Å²) in [7, 11) is -4.51. The van der Waals surface area contributed by atoms with Crippen molar-refractivity contribution in [2.45, 2.75) is 31.6 Å². The van der Waals surface area contributed by atoms with E-state index < -0.39 is 15.8 Å². The number of halogens is 3. The number of hydrogen-bond acceptors (Lipinski definition) is 5. The van der Waals surface area contributed by atoms with Gasteiger partial charge in [0.05, 0.1) is 0 Å². The second-order valence-electron chi connectivity index (χ2n) is 6.31. The topological polar surface area (TPSA) is 107 Å². The minimum Gasteiger partial charge on any atom is -0.350 e. The number of nitrogens with zero attached hydrogens (tertiary/aromatic N) is 2. The average Bonchev–Trinajstić information content (AvgIpc) is 3.04. The third kappa shape index (κ3) is 4.33. The number of piperidine rings is 1. The molecule has 2 aliphatic heterocycles. The summed E-state index contributed by atoms with van der Waals surface area (Å²) in [6.07, 6.45) is 1.67. The van der Waals surface area contributed by atoms with Crippen LogP contribution < -0.4 is 10.6 Å². The number of amides is 1. The first-order chi connectivity index (χ1) is 11.9. The molecule has 0 radical (unpaired) electrons. The van der Waals surface area contributed by atoms with E-state index in [9.17, 15) is 22.0 Å². The normalized spacial score (nSPS) is 19.0. The third-order valence-corrected chi connectivity index (χ3v) is 6.27. The number of alkyl halides is 2. The summed E-state index contributed by atoms with van der Waals surface area (Å²) in [5, 5.41) is 13.0. The Morgan fingerprint density at radius 3 is 2.69 bits per heavy atom. The maximum Gasteiger partial charge on any atom is 0.350 e. The van der Waals surface area contributed by atoms with E-state index in [0.717, 1.165) is 28.5 Å². The summed E-state index contributed by atoms with van der Waals surface area (Å²) in [6.45, 7) is 1.91. The quantitative estimate of drug-likeness (QED) is 0.650. The Morgan fingerprint density at radius 2 is 2.04 bits per heavy atom. The van der Waals surface area contributed by atoms with Crippen molar-refractivity contribution in [1.29, 1.82) is 0 Å². The van der Waals surface area contributed by atoms with Gasteiger partial charge >= 0.3 is 5.76 Å². The van der Waals surface area contributed by atoms with Crippen LogP contribution in [0.2, 0.25) is 0 Å². The second-order valence-corrected chi connectivity index (χ2v) is 8.22. The Labute approximate surface area is 156 Å². The van der Waals surface area contributed by atoms with Crippen molar-refractivity contribution in [3.63, 3.8) is 0 Å². The van der Waals surface area contributed by atoms with E-state index >= 15 is 0 Å². The van der Waals surface area contributed by atoms with Crippen molar-refractivity contribution in [3.05, 3.63) is 17.0 Å². The molecule has 0 saturated carbocycles. The molecule has 1 amide bonds. The maximum atomic E-state index is 12.5. The monoisotopic (exact) mass is 413 g/mol. The Bertz CT molecular complexity index is 735. The van der Waals surface area contributed by atoms with Crippen LogP contribution >= 0.6 is 12.4 Å². The van der Waals surface area contributed by atoms with Gasteiger partial charge in [-0.3, -0.25) is 9.89 Å². The number of fused-ring (bicyclic) bond motifs is 1. The lowest BCUT2D eigenvalue weighted by Crippen LogP contribution is -2.43. The molecular formula is C14H22ClF2N5O3S. The molecule has 1 aromatic heterocycles. The Balaban J connectivity index is 0.00000243. The molecule has 1 fully saturated rings. The van der Waals surface area contributed by atoms with Gasteiger partial charge in [0, 0.05) is 50.4 Å². The Kier molecular flexibility index (Phi) is 6.94. The van der Waals surface area contributed by atoms with Crippen molar-refractivity contribution in [2.24, 2.45) is 5.92 Å². The molecule has 1 saturated heterocycles. The predicted molar refractivity (Wildman–Crippen MR) is 92.8 cm³/mol. The molecule has 0 unspecified atom stereocenters. The van der Waals surface area contributed by atoms with Crippen LogP contribution in [0.5, 0.6) is 0 Å². The third-order valence-electron chi connectivity index (χ3n) is 4.73. The van der Waals surface area contributed by atoms with E-state index in [1.54, 1.807) is 0 Å². The van der Waals surface area contributed by atoms with Crippen LogP contribution in [0.25, 0.3) is 0 Å². The molecule has 0 aliphatic carbocycles. The molecule has 8 nitrogen and oxygen atoms in total. The minimum atomic E-state index is -4.51. The van der Waals surface area contributed by atoms with Crippen LogP contribution in [0.3, 0.4) is 0 Å². The number of carbonyl (C=O) groups excluding carboxylic acids is 1. The summed E-state index contributed by atoms with van der Waals surface area (Å²) in [5.74, 6) is -3.60. The van der Waals surface area contributed by atoms with E-state index in [1.807, 2.05) is 0 Å². The van der Waals surface area contributed by atoms with Gasteiger partial charge in [-0.15, -0.1) is 12.4 Å². The van der Waals surface area contributed by atoms with E-state index in [1.165, 1.54) is 0 Å². The molecule has 148 valence electrons. The van der Waals surface area contributed by atoms with Crippen molar-refractivity contribution >= 4 is 28.3 Å². The van der Waals surface area contributed by atoms with Crippen molar-refractivity contribution in [3.8, 4) is 0 Å². The van der Waals surface area contributed by atoms with Gasteiger partial charge in [0.2, 0.25) is 0 Å². The van der Waals surface area contributed by atoms with Crippen LogP contribution in [0.1, 0.15) is 34.6 Å². The summed E-state index contributed by atoms with van der Waals surface area (Å²) in [4.78, 5) is 12.3. The van der Waals surface area contributed by atoms with Crippen LogP contribution in [0, 0.1) is 5.92 Å². The molecule has 3 heterocycles. The highest BCUT2D eigenvalue weighted by molar-refractivity contribution is 7.89. The highest BCUT2D eigenvalue weighted by atomic mass is 35.5. The molecule has 12 heteroatoms. The molecule has 3 rings (SSSR count). The van der Waals surface area contributed by atoms with Gasteiger partial charge in [0.1, 0.15) is 0 Å². The van der Waals surface area contributed by atoms with Gasteiger partial charge in [-0.25, -0.2) is 8.42 Å². The Hall–Kier alpha value is -1.30. The predicted octanol–water partition coefficient (Wildman–Crippen LogP) is 0.471. The number of sulfonamides is 1. The van der Waals surface area contributed by atoms with Gasteiger partial charge in [0.25, 0.3) is 15.9 Å². The van der Waals surface area contributed by atoms with Crippen LogP contribution in [0.15, 0.2) is 0 Å². The molecule has 26 heavy (non-hydrogen) atoms. The summed E-state index contributed by atoms with van der Waals surface area (Å²) < 4.78 is 48.8. The fourth-order valence-electron chi connectivity index (χ4n) is 3.21. The first-order valence-electron chi connectivity index (χ1n) is 8.21. The Morgan fingerprint density at radius 1 is 1.35 bits per heavy atom. The summed E-state index contributed by atoms with van der Waals surface area (Å²) in [5.41, 5.74) is 2.22. The number of H-pyrrole nitrogens is 1.